The van der Waals surface area contributed by atoms with E-state index < -0.39 is 0 Å². The monoisotopic (exact) mass is 394 g/mol. The molecular formula is C22H34O6. The third-order valence-electron chi connectivity index (χ3n) is 6.68. The van der Waals surface area contributed by atoms with Crippen LogP contribution in [0.2, 0.25) is 0 Å². The molecule has 158 valence electrons. The van der Waals surface area contributed by atoms with Crippen molar-refractivity contribution in [1.29, 1.82) is 0 Å². The number of epoxide rings is 2. The van der Waals surface area contributed by atoms with Gasteiger partial charge in [0.1, 0.15) is 0 Å². The van der Waals surface area contributed by atoms with E-state index in [0.29, 0.717) is 75.1 Å². The van der Waals surface area contributed by atoms with E-state index in [4.69, 9.17) is 18.9 Å². The maximum Gasteiger partial charge on any atom is 0.305 e. The fourth-order valence-electron chi connectivity index (χ4n) is 4.80. The Morgan fingerprint density at radius 1 is 0.679 bits per heavy atom. The Hall–Kier alpha value is -1.14. The van der Waals surface area contributed by atoms with Crippen molar-refractivity contribution in [3.63, 3.8) is 0 Å². The number of ether oxygens (including phenoxy) is 4. The molecule has 2 aliphatic heterocycles. The van der Waals surface area contributed by atoms with E-state index in [1.54, 1.807) is 0 Å². The van der Waals surface area contributed by atoms with E-state index in [0.717, 1.165) is 38.5 Å². The zero-order valence-electron chi connectivity index (χ0n) is 16.8. The lowest BCUT2D eigenvalue weighted by molar-refractivity contribution is -0.147. The van der Waals surface area contributed by atoms with E-state index in [1.807, 2.05) is 0 Å². The topological polar surface area (TPSA) is 77.7 Å². The van der Waals surface area contributed by atoms with Crippen LogP contribution in [-0.2, 0) is 28.5 Å². The molecule has 0 aromatic carbocycles. The Morgan fingerprint density at radius 2 is 1.14 bits per heavy atom. The van der Waals surface area contributed by atoms with Crippen LogP contribution in [0, 0.1) is 11.8 Å². The van der Waals surface area contributed by atoms with Crippen LogP contribution >= 0.6 is 0 Å². The molecule has 2 saturated carbocycles. The Kier molecular flexibility index (Phi) is 6.89. The zero-order valence-corrected chi connectivity index (χ0v) is 16.8. The molecule has 0 bridgehead atoms. The first-order valence-corrected chi connectivity index (χ1v) is 11.3. The molecule has 6 heteroatoms. The molecule has 2 aliphatic carbocycles. The smallest absolute Gasteiger partial charge is 0.305 e. The summed E-state index contributed by atoms with van der Waals surface area (Å²) in [6.07, 6.45) is 12.8. The van der Waals surface area contributed by atoms with Gasteiger partial charge in [-0.25, -0.2) is 0 Å². The van der Waals surface area contributed by atoms with Gasteiger partial charge in [0.2, 0.25) is 0 Å². The largest absolute Gasteiger partial charge is 0.465 e. The standard InChI is InChI=1S/C22H34O6/c23-21(25-13-15-5-3-7-17-19(11-15)27-17)9-1-2-10-22(24)26-14-16-6-4-8-18-20(12-16)28-18/h15-20H,1-14H2. The second-order valence-electron chi connectivity index (χ2n) is 9.06. The summed E-state index contributed by atoms with van der Waals surface area (Å²) in [5.74, 6) is 0.583. The second-order valence-corrected chi connectivity index (χ2v) is 9.06. The summed E-state index contributed by atoms with van der Waals surface area (Å²) in [5, 5.41) is 0. The van der Waals surface area contributed by atoms with Crippen LogP contribution in [-0.4, -0.2) is 49.6 Å². The fourth-order valence-corrected chi connectivity index (χ4v) is 4.80. The molecule has 4 fully saturated rings. The van der Waals surface area contributed by atoms with Gasteiger partial charge in [-0.15, -0.1) is 0 Å². The average molecular weight is 395 g/mol. The molecule has 6 unspecified atom stereocenters. The van der Waals surface area contributed by atoms with Gasteiger partial charge in [0, 0.05) is 12.8 Å². The van der Waals surface area contributed by atoms with Gasteiger partial charge in [-0.1, -0.05) is 12.8 Å². The Morgan fingerprint density at radius 3 is 1.61 bits per heavy atom. The summed E-state index contributed by atoms with van der Waals surface area (Å²) >= 11 is 0. The van der Waals surface area contributed by atoms with Crippen molar-refractivity contribution in [1.82, 2.24) is 0 Å². The van der Waals surface area contributed by atoms with Crippen molar-refractivity contribution in [2.45, 2.75) is 101 Å². The van der Waals surface area contributed by atoms with Crippen LogP contribution in [0.4, 0.5) is 0 Å². The van der Waals surface area contributed by atoms with Gasteiger partial charge < -0.3 is 18.9 Å². The van der Waals surface area contributed by atoms with Crippen LogP contribution in [0.3, 0.4) is 0 Å². The fraction of sp³-hybridized carbons (Fsp3) is 0.909. The molecule has 6 atom stereocenters. The van der Waals surface area contributed by atoms with Crippen LogP contribution in [0.15, 0.2) is 0 Å². The van der Waals surface area contributed by atoms with Gasteiger partial charge >= 0.3 is 11.9 Å². The number of hydrogen-bond donors (Lipinski definition) is 0. The van der Waals surface area contributed by atoms with Crippen molar-refractivity contribution < 1.29 is 28.5 Å². The summed E-state index contributed by atoms with van der Waals surface area (Å²) in [6, 6.07) is 0. The first kappa shape index (κ1) is 20.1. The predicted molar refractivity (Wildman–Crippen MR) is 102 cm³/mol. The van der Waals surface area contributed by atoms with E-state index in [-0.39, 0.29) is 11.9 Å². The molecule has 2 saturated heterocycles. The molecular weight excluding hydrogens is 360 g/mol. The van der Waals surface area contributed by atoms with Gasteiger partial charge in [-0.2, -0.15) is 0 Å². The average Bonchev–Trinajstić information content (AvgIpc) is 3.54. The maximum atomic E-state index is 11.9. The minimum absolute atomic E-state index is 0.150. The lowest BCUT2D eigenvalue weighted by Crippen LogP contribution is -2.16. The first-order valence-electron chi connectivity index (χ1n) is 11.3. The first-order chi connectivity index (χ1) is 13.7. The number of carbonyl (C=O) groups excluding carboxylic acids is 2. The number of esters is 2. The van der Waals surface area contributed by atoms with E-state index >= 15 is 0 Å². The van der Waals surface area contributed by atoms with Crippen molar-refractivity contribution in [3.05, 3.63) is 0 Å². The van der Waals surface area contributed by atoms with Crippen molar-refractivity contribution in [3.8, 4) is 0 Å². The highest BCUT2D eigenvalue weighted by Crippen LogP contribution is 2.38. The van der Waals surface area contributed by atoms with Crippen molar-refractivity contribution in [2.75, 3.05) is 13.2 Å². The molecule has 28 heavy (non-hydrogen) atoms. The normalized spacial score (nSPS) is 36.3. The molecule has 2 heterocycles. The molecule has 4 aliphatic rings. The van der Waals surface area contributed by atoms with Gasteiger partial charge in [-0.3, -0.25) is 9.59 Å². The van der Waals surface area contributed by atoms with E-state index in [9.17, 15) is 9.59 Å². The third kappa shape index (κ3) is 6.18. The molecule has 6 nitrogen and oxygen atoms in total. The summed E-state index contributed by atoms with van der Waals surface area (Å²) in [6.45, 7) is 1.03. The van der Waals surface area contributed by atoms with Crippen molar-refractivity contribution >= 4 is 11.9 Å². The van der Waals surface area contributed by atoms with Crippen LogP contribution in [0.25, 0.3) is 0 Å². The second kappa shape index (κ2) is 9.57. The summed E-state index contributed by atoms with van der Waals surface area (Å²) in [7, 11) is 0. The summed E-state index contributed by atoms with van der Waals surface area (Å²) < 4.78 is 22.0. The highest BCUT2D eigenvalue weighted by molar-refractivity contribution is 5.70. The lowest BCUT2D eigenvalue weighted by Gasteiger charge is -2.15. The third-order valence-corrected chi connectivity index (χ3v) is 6.68. The highest BCUT2D eigenvalue weighted by atomic mass is 16.6. The minimum Gasteiger partial charge on any atom is -0.465 e. The number of carbonyl (C=O) groups is 2. The van der Waals surface area contributed by atoms with Gasteiger partial charge in [-0.05, 0) is 63.2 Å². The van der Waals surface area contributed by atoms with Gasteiger partial charge in [0.25, 0.3) is 0 Å². The van der Waals surface area contributed by atoms with Gasteiger partial charge in [0.05, 0.1) is 37.6 Å². The summed E-state index contributed by atoms with van der Waals surface area (Å²) in [5.41, 5.74) is 0. The molecule has 0 spiro atoms. The van der Waals surface area contributed by atoms with Crippen LogP contribution < -0.4 is 0 Å². The van der Waals surface area contributed by atoms with E-state index in [1.165, 1.54) is 12.8 Å². The molecule has 0 radical (unpaired) electrons. The quantitative estimate of drug-likeness (QED) is 0.338. The molecule has 0 amide bonds. The lowest BCUT2D eigenvalue weighted by atomic mass is 10.0. The Labute approximate surface area is 167 Å². The van der Waals surface area contributed by atoms with E-state index in [2.05, 4.69) is 0 Å². The van der Waals surface area contributed by atoms with Crippen LogP contribution in [0.5, 0.6) is 0 Å². The summed E-state index contributed by atoms with van der Waals surface area (Å²) in [4.78, 5) is 23.9. The highest BCUT2D eigenvalue weighted by Gasteiger charge is 2.42. The number of rotatable bonds is 9. The minimum atomic E-state index is -0.150. The Bertz CT molecular complexity index is 501. The molecule has 0 aromatic rings. The van der Waals surface area contributed by atoms with Crippen molar-refractivity contribution in [2.24, 2.45) is 11.8 Å². The Balaban J connectivity index is 1.01. The maximum absolute atomic E-state index is 11.9. The zero-order chi connectivity index (χ0) is 19.3. The predicted octanol–water partition coefficient (Wildman–Crippen LogP) is 3.55. The van der Waals surface area contributed by atoms with Crippen LogP contribution in [0.1, 0.15) is 77.0 Å². The number of fused-ring (bicyclic) bond motifs is 2. The molecule has 4 rings (SSSR count). The molecule has 0 N–H and O–H groups in total. The number of hydrogen-bond acceptors (Lipinski definition) is 6. The number of unbranched alkanes of at least 4 members (excludes halogenated alkanes) is 1. The van der Waals surface area contributed by atoms with Gasteiger partial charge in [0.15, 0.2) is 0 Å². The SMILES string of the molecule is O=C(CCCCC(=O)OCC1CCCC2OC2C1)OCC1CCCC2OC2C1. The molecule has 0 aromatic heterocycles.